The average Bonchev–Trinajstić information content (AvgIpc) is 4.03. The molecule has 7 rings (SSSR count). The molecule has 308 valence electrons. The lowest BCUT2D eigenvalue weighted by Gasteiger charge is -2.35. The fourth-order valence-corrected chi connectivity index (χ4v) is 7.83. The molecule has 3 aliphatic heterocycles. The first kappa shape index (κ1) is 40.1. The first-order valence-electron chi connectivity index (χ1n) is 19.6. The second kappa shape index (κ2) is 15.7. The van der Waals surface area contributed by atoms with E-state index in [9.17, 15) is 19.2 Å². The van der Waals surface area contributed by atoms with Gasteiger partial charge in [-0.15, -0.1) is 0 Å². The number of aromatic amines is 2. The molecule has 2 aromatic carbocycles. The number of hydrogen-bond donors (Lipinski definition) is 4. The van der Waals surface area contributed by atoms with Gasteiger partial charge in [0.1, 0.15) is 23.7 Å². The maximum atomic E-state index is 13.8. The van der Waals surface area contributed by atoms with Crippen molar-refractivity contribution in [1.29, 1.82) is 0 Å². The molecule has 5 heterocycles. The minimum atomic E-state index is -0.769. The van der Waals surface area contributed by atoms with Gasteiger partial charge in [0.2, 0.25) is 11.8 Å². The molecule has 16 nitrogen and oxygen atoms in total. The first-order chi connectivity index (χ1) is 27.5. The number of nitrogens with zero attached hydrogens (tertiary/aromatic N) is 4. The number of fused-ring (bicyclic) bond motifs is 2. The number of nitrogens with one attached hydrogen (secondary N) is 4. The molecule has 4 amide bonds. The molecule has 4 N–H and O–H groups in total. The van der Waals surface area contributed by atoms with Crippen molar-refractivity contribution in [3.05, 3.63) is 60.4 Å². The summed E-state index contributed by atoms with van der Waals surface area (Å²) in [5.41, 5.74) is 2.10. The molecular weight excluding hydrogens is 745 g/mol. The Kier molecular flexibility index (Phi) is 10.9. The van der Waals surface area contributed by atoms with Gasteiger partial charge in [-0.05, 0) is 72.9 Å². The molecule has 3 aliphatic rings. The average molecular weight is 797 g/mol. The number of H-pyrrole nitrogens is 2. The van der Waals surface area contributed by atoms with Crippen molar-refractivity contribution in [2.24, 2.45) is 10.8 Å². The van der Waals surface area contributed by atoms with E-state index in [1.807, 2.05) is 77.9 Å². The van der Waals surface area contributed by atoms with Gasteiger partial charge in [0.15, 0.2) is 23.0 Å². The van der Waals surface area contributed by atoms with Crippen LogP contribution in [0.1, 0.15) is 91.0 Å². The van der Waals surface area contributed by atoms with Gasteiger partial charge in [-0.25, -0.2) is 19.6 Å². The SMILES string of the molecule is COC(=O)N[C@H](C(=O)N1CCC[C@@H]1c1ncc(-c2ccc3c(c2)Oc2ccc(-c4cnc([C@@H]5CCCN5C(=O)[C@@H](NC(=O)OC)C(C)(C)C)[nH]4)cc2O3)[nH]1)C(C)(C)C. The molecule has 16 heteroatoms. The van der Waals surface area contributed by atoms with Crippen LogP contribution in [0.2, 0.25) is 0 Å². The third-order valence-electron chi connectivity index (χ3n) is 11.0. The summed E-state index contributed by atoms with van der Waals surface area (Å²) >= 11 is 0. The lowest BCUT2D eigenvalue weighted by atomic mass is 9.85. The summed E-state index contributed by atoms with van der Waals surface area (Å²) in [6.07, 6.45) is 5.29. The first-order valence-corrected chi connectivity index (χ1v) is 19.6. The summed E-state index contributed by atoms with van der Waals surface area (Å²) in [7, 11) is 2.56. The minimum Gasteiger partial charge on any atom is -0.453 e. The van der Waals surface area contributed by atoms with Crippen molar-refractivity contribution in [1.82, 2.24) is 40.4 Å². The smallest absolute Gasteiger partial charge is 0.407 e. The molecule has 0 spiro atoms. The second-order valence-electron chi connectivity index (χ2n) is 17.1. The number of hydrogen-bond acceptors (Lipinski definition) is 10. The van der Waals surface area contributed by atoms with E-state index in [1.165, 1.54) is 14.2 Å². The number of rotatable bonds is 8. The van der Waals surface area contributed by atoms with E-state index in [-0.39, 0.29) is 23.9 Å². The van der Waals surface area contributed by atoms with Gasteiger partial charge in [0.05, 0.1) is 50.1 Å². The number of ether oxygens (including phenoxy) is 4. The fraction of sp³-hybridized carbons (Fsp3) is 0.476. The van der Waals surface area contributed by atoms with Crippen molar-refractivity contribution in [2.75, 3.05) is 27.3 Å². The number of carbonyl (C=O) groups excluding carboxylic acids is 4. The second-order valence-corrected chi connectivity index (χ2v) is 17.1. The van der Waals surface area contributed by atoms with Crippen LogP contribution >= 0.6 is 0 Å². The van der Waals surface area contributed by atoms with E-state index in [0.29, 0.717) is 47.7 Å². The Morgan fingerprint density at radius 3 is 1.43 bits per heavy atom. The number of imidazole rings is 2. The summed E-state index contributed by atoms with van der Waals surface area (Å²) in [4.78, 5) is 71.6. The standard InChI is InChI=1S/C42H52N8O8/c1-41(2,3)33(47-39(53)55-7)37(51)49-17-9-11-27(49)35-43-21-25(45-35)23-13-15-29-31(19-23)57-30-16-14-24(20-32(30)58-29)26-22-44-36(46-26)28-12-10-18-50(28)38(52)34(42(4,5)6)48-40(54)56-8/h13-16,19-22,27-28,33-34H,9-12,17-18H2,1-8H3,(H,43,45)(H,44,46)(H,47,53)(H,48,54)/t27-,28+,33-,34-/m1/s1. The van der Waals surface area contributed by atoms with E-state index in [1.54, 1.807) is 22.2 Å². The third-order valence-corrected chi connectivity index (χ3v) is 11.0. The van der Waals surface area contributed by atoms with Crippen LogP contribution in [-0.4, -0.2) is 93.1 Å². The lowest BCUT2D eigenvalue weighted by Crippen LogP contribution is -2.54. The molecule has 0 radical (unpaired) electrons. The lowest BCUT2D eigenvalue weighted by molar-refractivity contribution is -0.137. The molecule has 0 unspecified atom stereocenters. The molecule has 0 saturated carbocycles. The molecular formula is C42H52N8O8. The zero-order valence-corrected chi connectivity index (χ0v) is 34.2. The number of carbonyl (C=O) groups is 4. The Morgan fingerprint density at radius 2 is 1.07 bits per heavy atom. The van der Waals surface area contributed by atoms with Crippen molar-refractivity contribution >= 4 is 24.0 Å². The Bertz CT molecular complexity index is 2050. The molecule has 4 atom stereocenters. The van der Waals surface area contributed by atoms with Gasteiger partial charge in [0, 0.05) is 24.2 Å². The molecule has 2 fully saturated rings. The van der Waals surface area contributed by atoms with E-state index < -0.39 is 35.1 Å². The van der Waals surface area contributed by atoms with Crippen LogP contribution in [0.4, 0.5) is 9.59 Å². The highest BCUT2D eigenvalue weighted by molar-refractivity contribution is 5.88. The molecule has 2 saturated heterocycles. The predicted octanol–water partition coefficient (Wildman–Crippen LogP) is 7.23. The number of aromatic nitrogens is 4. The highest BCUT2D eigenvalue weighted by Crippen LogP contribution is 2.48. The van der Waals surface area contributed by atoms with Crippen LogP contribution < -0.4 is 20.1 Å². The van der Waals surface area contributed by atoms with E-state index in [2.05, 4.69) is 30.6 Å². The highest BCUT2D eigenvalue weighted by Gasteiger charge is 2.43. The van der Waals surface area contributed by atoms with Gasteiger partial charge < -0.3 is 49.3 Å². The monoisotopic (exact) mass is 796 g/mol. The molecule has 0 bridgehead atoms. The summed E-state index contributed by atoms with van der Waals surface area (Å²) in [5.74, 6) is 3.15. The zero-order chi connectivity index (χ0) is 41.5. The normalized spacial score (nSPS) is 18.6. The molecule has 58 heavy (non-hydrogen) atoms. The fourth-order valence-electron chi connectivity index (χ4n) is 7.83. The summed E-state index contributed by atoms with van der Waals surface area (Å²) in [6, 6.07) is 9.22. The van der Waals surface area contributed by atoms with E-state index in [4.69, 9.17) is 18.9 Å². The number of methoxy groups -OCH3 is 2. The molecule has 2 aromatic heterocycles. The number of alkyl carbamates (subject to hydrolysis) is 2. The van der Waals surface area contributed by atoms with Crippen LogP contribution in [0, 0.1) is 10.8 Å². The number of amides is 4. The summed E-state index contributed by atoms with van der Waals surface area (Å²) < 4.78 is 22.3. The Balaban J connectivity index is 1.04. The quantitative estimate of drug-likeness (QED) is 0.124. The van der Waals surface area contributed by atoms with Gasteiger partial charge in [-0.1, -0.05) is 41.5 Å². The highest BCUT2D eigenvalue weighted by atomic mass is 16.6. The predicted molar refractivity (Wildman–Crippen MR) is 213 cm³/mol. The minimum absolute atomic E-state index is 0.180. The molecule has 0 aliphatic carbocycles. The van der Waals surface area contributed by atoms with Crippen molar-refractivity contribution < 1.29 is 38.1 Å². The Morgan fingerprint density at radius 1 is 0.672 bits per heavy atom. The van der Waals surface area contributed by atoms with E-state index >= 15 is 0 Å². The third kappa shape index (κ3) is 8.04. The maximum absolute atomic E-state index is 13.8. The van der Waals surface area contributed by atoms with Gasteiger partial charge in [-0.3, -0.25) is 9.59 Å². The largest absolute Gasteiger partial charge is 0.453 e. The summed E-state index contributed by atoms with van der Waals surface area (Å²) in [6.45, 7) is 12.5. The van der Waals surface area contributed by atoms with Crippen molar-refractivity contribution in [3.8, 4) is 45.5 Å². The van der Waals surface area contributed by atoms with Crippen molar-refractivity contribution in [3.63, 3.8) is 0 Å². The van der Waals surface area contributed by atoms with Gasteiger partial charge in [-0.2, -0.15) is 0 Å². The van der Waals surface area contributed by atoms with Crippen LogP contribution in [0.15, 0.2) is 48.8 Å². The maximum Gasteiger partial charge on any atom is 0.407 e. The van der Waals surface area contributed by atoms with E-state index in [0.717, 1.165) is 48.2 Å². The van der Waals surface area contributed by atoms with Gasteiger partial charge >= 0.3 is 12.2 Å². The zero-order valence-electron chi connectivity index (χ0n) is 34.2. The number of likely N-dealkylation sites (tertiary alicyclic amines) is 2. The van der Waals surface area contributed by atoms with Gasteiger partial charge in [0.25, 0.3) is 0 Å². The van der Waals surface area contributed by atoms with Crippen LogP contribution in [0.5, 0.6) is 23.0 Å². The van der Waals surface area contributed by atoms with Crippen LogP contribution in [-0.2, 0) is 19.1 Å². The van der Waals surface area contributed by atoms with Crippen molar-refractivity contribution in [2.45, 2.75) is 91.4 Å². The molecule has 4 aromatic rings. The van der Waals surface area contributed by atoms with Crippen LogP contribution in [0.25, 0.3) is 22.5 Å². The number of benzene rings is 2. The Hall–Kier alpha value is -6.06. The van der Waals surface area contributed by atoms with Crippen LogP contribution in [0.3, 0.4) is 0 Å². The summed E-state index contributed by atoms with van der Waals surface area (Å²) in [5, 5.41) is 5.45. The topological polar surface area (TPSA) is 193 Å². The Labute approximate surface area is 337 Å².